The number of aromatic nitrogens is 1. The molecule has 0 spiro atoms. The molecule has 4 nitrogen and oxygen atoms in total. The van der Waals surface area contributed by atoms with Gasteiger partial charge in [-0.1, -0.05) is 12.6 Å². The molecule has 1 rings (SSSR count). The number of pyridine rings is 1. The summed E-state index contributed by atoms with van der Waals surface area (Å²) < 4.78 is 0. The van der Waals surface area contributed by atoms with Crippen LogP contribution >= 0.6 is 0 Å². The zero-order valence-electron chi connectivity index (χ0n) is 10.6. The fourth-order valence-corrected chi connectivity index (χ4v) is 1.64. The zero-order valence-corrected chi connectivity index (χ0v) is 10.6. The van der Waals surface area contributed by atoms with Crippen LogP contribution in [0.25, 0.3) is 0 Å². The average Bonchev–Trinajstić information content (AvgIpc) is 2.35. The monoisotopic (exact) mass is 247 g/mol. The lowest BCUT2D eigenvalue weighted by Gasteiger charge is -2.20. The lowest BCUT2D eigenvalue weighted by atomic mass is 9.88. The van der Waals surface area contributed by atoms with Gasteiger partial charge in [0.1, 0.15) is 11.9 Å². The maximum atomic E-state index is 11.6. The Morgan fingerprint density at radius 1 is 1.39 bits per heavy atom. The molecule has 0 saturated heterocycles. The number of Topliss-reactive ketones (excluding diaryl/α,β-unsaturated/α-hetero) is 2. The largest absolute Gasteiger partial charge is 0.386 e. The van der Waals surface area contributed by atoms with E-state index in [0.717, 1.165) is 0 Å². The van der Waals surface area contributed by atoms with Gasteiger partial charge in [-0.25, -0.2) is 0 Å². The van der Waals surface area contributed by atoms with Gasteiger partial charge in [-0.15, -0.1) is 0 Å². The third kappa shape index (κ3) is 3.60. The van der Waals surface area contributed by atoms with E-state index in [2.05, 4.69) is 11.6 Å². The van der Waals surface area contributed by atoms with E-state index in [1.165, 1.54) is 13.8 Å². The fourth-order valence-electron chi connectivity index (χ4n) is 1.64. The lowest BCUT2D eigenvalue weighted by Crippen LogP contribution is -2.22. The van der Waals surface area contributed by atoms with Gasteiger partial charge in [-0.2, -0.15) is 0 Å². The van der Waals surface area contributed by atoms with Crippen LogP contribution < -0.4 is 0 Å². The fraction of sp³-hybridized carbons (Fsp3) is 0.357. The SMILES string of the molecule is C=C(CC(C(C)=O)C(O)c1ccccn1)C(C)=O. The molecule has 0 fully saturated rings. The molecule has 1 aromatic rings. The number of ketones is 2. The van der Waals surface area contributed by atoms with Crippen molar-refractivity contribution >= 4 is 11.6 Å². The Balaban J connectivity index is 2.89. The highest BCUT2D eigenvalue weighted by Gasteiger charge is 2.27. The quantitative estimate of drug-likeness (QED) is 0.779. The third-order valence-corrected chi connectivity index (χ3v) is 2.86. The minimum atomic E-state index is -1.01. The molecule has 0 saturated carbocycles. The topological polar surface area (TPSA) is 67.3 Å². The van der Waals surface area contributed by atoms with E-state index in [9.17, 15) is 14.7 Å². The van der Waals surface area contributed by atoms with Gasteiger partial charge in [0, 0.05) is 6.20 Å². The van der Waals surface area contributed by atoms with Gasteiger partial charge >= 0.3 is 0 Å². The smallest absolute Gasteiger partial charge is 0.155 e. The second-order valence-corrected chi connectivity index (χ2v) is 4.28. The summed E-state index contributed by atoms with van der Waals surface area (Å²) in [4.78, 5) is 26.7. The Kier molecular flexibility index (Phi) is 4.92. The summed E-state index contributed by atoms with van der Waals surface area (Å²) in [6, 6.07) is 5.12. The lowest BCUT2D eigenvalue weighted by molar-refractivity contribution is -0.124. The van der Waals surface area contributed by atoms with E-state index in [1.807, 2.05) is 0 Å². The van der Waals surface area contributed by atoms with Gasteiger partial charge < -0.3 is 5.11 Å². The average molecular weight is 247 g/mol. The molecule has 0 radical (unpaired) electrons. The molecule has 1 N–H and O–H groups in total. The Hall–Kier alpha value is -1.81. The van der Waals surface area contributed by atoms with Gasteiger partial charge in [0.2, 0.25) is 0 Å². The van der Waals surface area contributed by atoms with E-state index in [0.29, 0.717) is 11.3 Å². The van der Waals surface area contributed by atoms with Crippen molar-refractivity contribution in [1.29, 1.82) is 0 Å². The molecule has 0 bridgehead atoms. The van der Waals surface area contributed by atoms with Crippen LogP contribution in [0.3, 0.4) is 0 Å². The minimum Gasteiger partial charge on any atom is -0.386 e. The van der Waals surface area contributed by atoms with E-state index in [4.69, 9.17) is 0 Å². The molecular formula is C14H17NO3. The maximum Gasteiger partial charge on any atom is 0.155 e. The Morgan fingerprint density at radius 3 is 2.50 bits per heavy atom. The maximum absolute atomic E-state index is 11.6. The van der Waals surface area contributed by atoms with Crippen molar-refractivity contribution in [1.82, 2.24) is 4.98 Å². The van der Waals surface area contributed by atoms with Gasteiger partial charge in [-0.05, 0) is 38.0 Å². The van der Waals surface area contributed by atoms with Crippen molar-refractivity contribution in [2.24, 2.45) is 5.92 Å². The summed E-state index contributed by atoms with van der Waals surface area (Å²) in [6.07, 6.45) is 0.692. The van der Waals surface area contributed by atoms with Gasteiger partial charge in [0.15, 0.2) is 5.78 Å². The Labute approximate surface area is 106 Å². The third-order valence-electron chi connectivity index (χ3n) is 2.86. The molecule has 96 valence electrons. The van der Waals surface area contributed by atoms with Crippen molar-refractivity contribution in [2.75, 3.05) is 0 Å². The molecule has 0 amide bonds. The van der Waals surface area contributed by atoms with Crippen LogP contribution in [0.15, 0.2) is 36.5 Å². The predicted octanol–water partition coefficient (Wildman–Crippen LogP) is 1.86. The number of aliphatic hydroxyl groups is 1. The number of carbonyl (C=O) groups is 2. The molecule has 4 heteroatoms. The van der Waals surface area contributed by atoms with Gasteiger partial charge in [0.25, 0.3) is 0 Å². The van der Waals surface area contributed by atoms with E-state index in [1.54, 1.807) is 24.4 Å². The summed E-state index contributed by atoms with van der Waals surface area (Å²) >= 11 is 0. The first-order valence-electron chi connectivity index (χ1n) is 5.71. The number of allylic oxidation sites excluding steroid dienone is 1. The van der Waals surface area contributed by atoms with Crippen LogP contribution in [0.4, 0.5) is 0 Å². The number of hydrogen-bond donors (Lipinski definition) is 1. The number of rotatable bonds is 6. The summed E-state index contributed by atoms with van der Waals surface area (Å²) in [5, 5.41) is 10.1. The first-order chi connectivity index (χ1) is 8.43. The van der Waals surface area contributed by atoms with Crippen LogP contribution in [0.5, 0.6) is 0 Å². The molecule has 0 aliphatic carbocycles. The highest BCUT2D eigenvalue weighted by molar-refractivity contribution is 5.93. The molecule has 0 aromatic carbocycles. The predicted molar refractivity (Wildman–Crippen MR) is 67.8 cm³/mol. The van der Waals surface area contributed by atoms with E-state index >= 15 is 0 Å². The normalized spacial score (nSPS) is 13.7. The van der Waals surface area contributed by atoms with Crippen molar-refractivity contribution in [3.8, 4) is 0 Å². The standard InChI is InChI=1S/C14H17NO3/c1-9(10(2)16)8-12(11(3)17)14(18)13-6-4-5-7-15-13/h4-7,12,14,18H,1,8H2,2-3H3. The molecule has 2 atom stereocenters. The summed E-state index contributed by atoms with van der Waals surface area (Å²) in [6.45, 7) is 6.41. The number of nitrogens with zero attached hydrogens (tertiary/aromatic N) is 1. The van der Waals surface area contributed by atoms with E-state index < -0.39 is 12.0 Å². The molecule has 18 heavy (non-hydrogen) atoms. The van der Waals surface area contributed by atoms with Crippen molar-refractivity contribution < 1.29 is 14.7 Å². The van der Waals surface area contributed by atoms with E-state index in [-0.39, 0.29) is 18.0 Å². The van der Waals surface area contributed by atoms with Crippen LogP contribution in [0.1, 0.15) is 32.1 Å². The van der Waals surface area contributed by atoms with Crippen molar-refractivity contribution in [3.63, 3.8) is 0 Å². The second kappa shape index (κ2) is 6.21. The molecule has 1 aromatic heterocycles. The molecule has 0 aliphatic heterocycles. The summed E-state index contributed by atoms with van der Waals surface area (Å²) in [7, 11) is 0. The van der Waals surface area contributed by atoms with Crippen LogP contribution in [0, 0.1) is 5.92 Å². The highest BCUT2D eigenvalue weighted by Crippen LogP contribution is 2.26. The van der Waals surface area contributed by atoms with Gasteiger partial charge in [0.05, 0.1) is 11.6 Å². The minimum absolute atomic E-state index is 0.155. The van der Waals surface area contributed by atoms with Crippen LogP contribution in [0.2, 0.25) is 0 Å². The zero-order chi connectivity index (χ0) is 13.7. The first-order valence-corrected chi connectivity index (χ1v) is 5.71. The number of hydrogen-bond acceptors (Lipinski definition) is 4. The number of aliphatic hydroxyl groups excluding tert-OH is 1. The second-order valence-electron chi connectivity index (χ2n) is 4.28. The number of carbonyl (C=O) groups excluding carboxylic acids is 2. The molecular weight excluding hydrogens is 230 g/mol. The highest BCUT2D eigenvalue weighted by atomic mass is 16.3. The molecule has 2 unspecified atom stereocenters. The Morgan fingerprint density at radius 2 is 2.06 bits per heavy atom. The summed E-state index contributed by atoms with van der Waals surface area (Å²) in [5.74, 6) is -1.04. The molecule has 0 aliphatic rings. The Bertz CT molecular complexity index is 453. The first kappa shape index (κ1) is 14.3. The van der Waals surface area contributed by atoms with Crippen LogP contribution in [-0.4, -0.2) is 21.7 Å². The van der Waals surface area contributed by atoms with Crippen molar-refractivity contribution in [3.05, 3.63) is 42.2 Å². The van der Waals surface area contributed by atoms with Gasteiger partial charge in [-0.3, -0.25) is 14.6 Å². The van der Waals surface area contributed by atoms with Crippen molar-refractivity contribution in [2.45, 2.75) is 26.4 Å². The molecule has 1 heterocycles. The summed E-state index contributed by atoms with van der Waals surface area (Å²) in [5.41, 5.74) is 0.763. The van der Waals surface area contributed by atoms with Crippen LogP contribution in [-0.2, 0) is 9.59 Å².